The van der Waals surface area contributed by atoms with E-state index in [0.29, 0.717) is 11.7 Å². The lowest BCUT2D eigenvalue weighted by atomic mass is 10.7. The molecule has 1 saturated heterocycles. The molecule has 0 radical (unpaired) electrons. The maximum absolute atomic E-state index is 10.6. The second kappa shape index (κ2) is 5.00. The van der Waals surface area contributed by atoms with Crippen LogP contribution >= 0.6 is 11.8 Å². The van der Waals surface area contributed by atoms with Crippen LogP contribution < -0.4 is 5.32 Å². The van der Waals surface area contributed by atoms with E-state index < -0.39 is 6.09 Å². The van der Waals surface area contributed by atoms with Crippen LogP contribution in [0.3, 0.4) is 0 Å². The van der Waals surface area contributed by atoms with Crippen molar-refractivity contribution in [1.82, 2.24) is 5.32 Å². The molecule has 0 aromatic heterocycles. The number of hydrogen-bond donors (Lipinski definition) is 1. The fraction of sp³-hybridized carbons (Fsp3) is 0.667. The predicted molar refractivity (Wildman–Crippen MR) is 46.3 cm³/mol. The van der Waals surface area contributed by atoms with Gasteiger partial charge in [-0.1, -0.05) is 5.16 Å². The number of carbonyl (C=O) groups is 1. The number of nitrogens with zero attached hydrogens (tertiary/aromatic N) is 1. The molecule has 0 atom stereocenters. The Hall–Kier alpha value is -0.750. The van der Waals surface area contributed by atoms with Crippen molar-refractivity contribution in [3.8, 4) is 0 Å². The number of amides is 1. The fourth-order valence-electron chi connectivity index (χ4n) is 0.610. The molecule has 1 aliphatic rings. The third kappa shape index (κ3) is 3.10. The molecule has 0 aliphatic carbocycles. The van der Waals surface area contributed by atoms with Crippen molar-refractivity contribution < 1.29 is 14.4 Å². The average molecular weight is 190 g/mol. The van der Waals surface area contributed by atoms with Crippen molar-refractivity contribution in [3.05, 3.63) is 0 Å². The smallest absolute Gasteiger partial charge is 0.374 e. The number of rotatable bonds is 1. The Morgan fingerprint density at radius 2 is 2.67 bits per heavy atom. The number of ether oxygens (including phenoxy) is 1. The van der Waals surface area contributed by atoms with Crippen LogP contribution in [0.4, 0.5) is 4.79 Å². The first-order valence-corrected chi connectivity index (χ1v) is 4.47. The van der Waals surface area contributed by atoms with E-state index in [9.17, 15) is 4.79 Å². The molecule has 1 rings (SSSR count). The Morgan fingerprint density at radius 3 is 3.25 bits per heavy atom. The molecule has 0 saturated carbocycles. The molecule has 1 heterocycles. The first kappa shape index (κ1) is 9.34. The third-order valence-corrected chi connectivity index (χ3v) is 2.05. The molecule has 1 N–H and O–H groups in total. The highest BCUT2D eigenvalue weighted by Crippen LogP contribution is 2.10. The minimum Gasteiger partial charge on any atom is -0.374 e. The molecule has 1 aliphatic heterocycles. The van der Waals surface area contributed by atoms with Gasteiger partial charge in [0.25, 0.3) is 0 Å². The van der Waals surface area contributed by atoms with Crippen molar-refractivity contribution in [2.24, 2.45) is 5.16 Å². The lowest BCUT2D eigenvalue weighted by Gasteiger charge is -2.11. The van der Waals surface area contributed by atoms with Gasteiger partial charge in [-0.25, -0.2) is 4.79 Å². The largest absolute Gasteiger partial charge is 0.433 e. The molecule has 0 unspecified atom stereocenters. The van der Waals surface area contributed by atoms with E-state index in [1.807, 2.05) is 0 Å². The predicted octanol–water partition coefficient (Wildman–Crippen LogP) is 0.419. The summed E-state index contributed by atoms with van der Waals surface area (Å²) in [5.74, 6) is 0.857. The molecule has 0 aromatic rings. The highest BCUT2D eigenvalue weighted by atomic mass is 32.2. The zero-order chi connectivity index (χ0) is 8.81. The quantitative estimate of drug-likeness (QED) is 0.481. The molecule has 1 fully saturated rings. The fourth-order valence-corrected chi connectivity index (χ4v) is 1.30. The van der Waals surface area contributed by atoms with Crippen LogP contribution in [-0.4, -0.2) is 37.2 Å². The van der Waals surface area contributed by atoms with Crippen molar-refractivity contribution in [2.45, 2.75) is 0 Å². The average Bonchev–Trinajstić information content (AvgIpc) is 2.16. The van der Waals surface area contributed by atoms with E-state index in [2.05, 4.69) is 15.3 Å². The van der Waals surface area contributed by atoms with Crippen LogP contribution in [0.1, 0.15) is 0 Å². The van der Waals surface area contributed by atoms with Crippen LogP contribution in [0, 0.1) is 0 Å². The van der Waals surface area contributed by atoms with E-state index in [4.69, 9.17) is 4.74 Å². The first-order chi connectivity index (χ1) is 5.83. The van der Waals surface area contributed by atoms with Crippen LogP contribution in [-0.2, 0) is 9.57 Å². The summed E-state index contributed by atoms with van der Waals surface area (Å²) in [5.41, 5.74) is 0. The van der Waals surface area contributed by atoms with Gasteiger partial charge in [0.1, 0.15) is 5.04 Å². The second-order valence-corrected chi connectivity index (χ2v) is 3.18. The zero-order valence-electron chi connectivity index (χ0n) is 6.70. The van der Waals surface area contributed by atoms with E-state index >= 15 is 0 Å². The Kier molecular flexibility index (Phi) is 3.89. The molecule has 1 amide bonds. The Morgan fingerprint density at radius 1 is 1.83 bits per heavy atom. The number of carbonyl (C=O) groups excluding carboxylic acids is 1. The third-order valence-electron chi connectivity index (χ3n) is 1.16. The molecule has 5 nitrogen and oxygen atoms in total. The molecular weight excluding hydrogens is 180 g/mol. The van der Waals surface area contributed by atoms with Crippen molar-refractivity contribution in [3.63, 3.8) is 0 Å². The van der Waals surface area contributed by atoms with E-state index in [1.165, 1.54) is 18.8 Å². The summed E-state index contributed by atoms with van der Waals surface area (Å²) in [5, 5.41) is 6.58. The van der Waals surface area contributed by atoms with E-state index in [-0.39, 0.29) is 0 Å². The molecule has 68 valence electrons. The minimum absolute atomic E-state index is 0.432. The van der Waals surface area contributed by atoms with Gasteiger partial charge in [-0.05, 0) is 0 Å². The lowest BCUT2D eigenvalue weighted by molar-refractivity contribution is 0.149. The Balaban J connectivity index is 2.29. The molecule has 0 spiro atoms. The number of nitrogens with one attached hydrogen (secondary N) is 1. The molecule has 0 bridgehead atoms. The summed E-state index contributed by atoms with van der Waals surface area (Å²) >= 11 is 1.54. The van der Waals surface area contributed by atoms with Crippen molar-refractivity contribution >= 4 is 22.9 Å². The molecule has 0 aromatic carbocycles. The lowest BCUT2D eigenvalue weighted by Crippen LogP contribution is -2.20. The Bertz CT molecular complexity index is 187. The summed E-state index contributed by atoms with van der Waals surface area (Å²) in [6.07, 6.45) is -0.561. The summed E-state index contributed by atoms with van der Waals surface area (Å²) in [4.78, 5) is 15.0. The van der Waals surface area contributed by atoms with Gasteiger partial charge in [0, 0.05) is 12.8 Å². The summed E-state index contributed by atoms with van der Waals surface area (Å²) in [7, 11) is 1.48. The van der Waals surface area contributed by atoms with Gasteiger partial charge in [0.15, 0.2) is 0 Å². The van der Waals surface area contributed by atoms with Gasteiger partial charge < -0.3 is 10.1 Å². The molecule has 6 heteroatoms. The standard InChI is InChI=1S/C6H10N2O3S/c1-7-6(9)11-8-5-4-10-2-3-12-5/h2-4H2,1H3,(H,7,9). The van der Waals surface area contributed by atoms with E-state index in [1.54, 1.807) is 0 Å². The van der Waals surface area contributed by atoms with Gasteiger partial charge in [-0.2, -0.15) is 0 Å². The monoisotopic (exact) mass is 190 g/mol. The summed E-state index contributed by atoms with van der Waals surface area (Å²) < 4.78 is 5.08. The molecule has 12 heavy (non-hydrogen) atoms. The van der Waals surface area contributed by atoms with Crippen molar-refractivity contribution in [2.75, 3.05) is 26.0 Å². The maximum atomic E-state index is 10.6. The maximum Gasteiger partial charge on any atom is 0.433 e. The van der Waals surface area contributed by atoms with Gasteiger partial charge in [0.2, 0.25) is 0 Å². The summed E-state index contributed by atoms with van der Waals surface area (Å²) in [6.45, 7) is 1.16. The van der Waals surface area contributed by atoms with Crippen LogP contribution in [0.2, 0.25) is 0 Å². The number of oxime groups is 1. The van der Waals surface area contributed by atoms with Gasteiger partial charge in [-0.3, -0.25) is 4.84 Å². The van der Waals surface area contributed by atoms with Gasteiger partial charge in [-0.15, -0.1) is 11.8 Å². The van der Waals surface area contributed by atoms with Crippen LogP contribution in [0.25, 0.3) is 0 Å². The topological polar surface area (TPSA) is 59.9 Å². The Labute approximate surface area is 74.5 Å². The van der Waals surface area contributed by atoms with Crippen LogP contribution in [0.5, 0.6) is 0 Å². The summed E-state index contributed by atoms with van der Waals surface area (Å²) in [6, 6.07) is 0. The number of thioether (sulfide) groups is 1. The van der Waals surface area contributed by atoms with E-state index in [0.717, 1.165) is 12.4 Å². The van der Waals surface area contributed by atoms with Gasteiger partial charge >= 0.3 is 6.09 Å². The van der Waals surface area contributed by atoms with Gasteiger partial charge in [0.05, 0.1) is 13.2 Å². The van der Waals surface area contributed by atoms with Crippen molar-refractivity contribution in [1.29, 1.82) is 0 Å². The normalized spacial score (nSPS) is 20.6. The van der Waals surface area contributed by atoms with Crippen LogP contribution in [0.15, 0.2) is 5.16 Å². The zero-order valence-corrected chi connectivity index (χ0v) is 7.52. The minimum atomic E-state index is -0.561. The molecular formula is C6H10N2O3S. The highest BCUT2D eigenvalue weighted by Gasteiger charge is 2.08. The second-order valence-electron chi connectivity index (χ2n) is 2.01. The SMILES string of the molecule is CNC(=O)ON=C1COCCS1. The first-order valence-electron chi connectivity index (χ1n) is 3.49. The number of hydrogen-bond acceptors (Lipinski definition) is 5. The highest BCUT2D eigenvalue weighted by molar-refractivity contribution is 8.14.